The van der Waals surface area contributed by atoms with Gasteiger partial charge in [0.15, 0.2) is 11.1 Å². The number of rotatable bonds is 11. The second-order valence-electron chi connectivity index (χ2n) is 4.95. The molecule has 0 aromatic carbocycles. The predicted molar refractivity (Wildman–Crippen MR) is 88.3 cm³/mol. The highest BCUT2D eigenvalue weighted by Gasteiger charge is 1.94. The molecule has 0 saturated carbocycles. The van der Waals surface area contributed by atoms with Crippen LogP contribution in [-0.2, 0) is 0 Å². The van der Waals surface area contributed by atoms with E-state index in [2.05, 4.69) is 17.2 Å². The van der Waals surface area contributed by atoms with Gasteiger partial charge >= 0.3 is 0 Å². The molecule has 19 heavy (non-hydrogen) atoms. The quantitative estimate of drug-likeness (QED) is 0.236. The third-order valence-electron chi connectivity index (χ3n) is 3.04. The Balaban J connectivity index is 3.15. The van der Waals surface area contributed by atoms with Gasteiger partial charge in [-0.3, -0.25) is 0 Å². The molecule has 0 aliphatic carbocycles. The fourth-order valence-corrected chi connectivity index (χ4v) is 2.17. The molecular weight excluding hydrogens is 256 g/mol. The minimum atomic E-state index is 0.0144. The Kier molecular flexibility index (Phi) is 13.0. The van der Waals surface area contributed by atoms with Crippen molar-refractivity contribution in [2.75, 3.05) is 6.54 Å². The first-order chi connectivity index (χ1) is 9.16. The number of thiocarbonyl (C=S) groups is 1. The second-order valence-corrected chi connectivity index (χ2v) is 5.34. The molecule has 0 fully saturated rings. The molecular formula is C14H30N4S. The largest absolute Gasteiger partial charge is 0.370 e. The van der Waals surface area contributed by atoms with E-state index in [4.69, 9.17) is 23.7 Å². The first kappa shape index (κ1) is 18.2. The molecule has 0 unspecified atom stereocenters. The Morgan fingerprint density at radius 3 is 1.84 bits per heavy atom. The van der Waals surface area contributed by atoms with Crippen molar-refractivity contribution in [2.45, 2.75) is 71.1 Å². The van der Waals surface area contributed by atoms with Crippen molar-refractivity contribution < 1.29 is 0 Å². The number of guanidine groups is 1. The smallest absolute Gasteiger partial charge is 0.196 e. The Bertz CT molecular complexity index is 250. The van der Waals surface area contributed by atoms with Crippen LogP contribution >= 0.6 is 12.2 Å². The van der Waals surface area contributed by atoms with E-state index in [1.165, 1.54) is 57.8 Å². The Labute approximate surface area is 123 Å². The van der Waals surface area contributed by atoms with E-state index in [9.17, 15) is 0 Å². The van der Waals surface area contributed by atoms with Gasteiger partial charge in [0, 0.05) is 6.54 Å². The molecule has 0 aromatic rings. The topological polar surface area (TPSA) is 76.4 Å². The van der Waals surface area contributed by atoms with Gasteiger partial charge < -0.3 is 16.8 Å². The zero-order valence-corrected chi connectivity index (χ0v) is 13.1. The summed E-state index contributed by atoms with van der Waals surface area (Å²) in [4.78, 5) is 3.75. The van der Waals surface area contributed by atoms with E-state index in [0.29, 0.717) is 5.11 Å². The van der Waals surface area contributed by atoms with Gasteiger partial charge in [-0.25, -0.2) is 0 Å². The molecule has 0 aromatic heterocycles. The van der Waals surface area contributed by atoms with Crippen LogP contribution in [0.25, 0.3) is 0 Å². The maximum absolute atomic E-state index is 5.22. The summed E-state index contributed by atoms with van der Waals surface area (Å²) in [6.45, 7) is 3.11. The minimum absolute atomic E-state index is 0.0144. The van der Waals surface area contributed by atoms with Crippen molar-refractivity contribution in [1.29, 1.82) is 0 Å². The van der Waals surface area contributed by atoms with Crippen LogP contribution < -0.4 is 16.8 Å². The average Bonchev–Trinajstić information content (AvgIpc) is 2.35. The molecule has 0 rings (SSSR count). The average molecular weight is 286 g/mol. The van der Waals surface area contributed by atoms with Crippen LogP contribution in [0.5, 0.6) is 0 Å². The maximum atomic E-state index is 5.22. The molecule has 5 N–H and O–H groups in total. The number of nitrogens with zero attached hydrogens (tertiary/aromatic N) is 1. The van der Waals surface area contributed by atoms with E-state index >= 15 is 0 Å². The summed E-state index contributed by atoms with van der Waals surface area (Å²) in [5.74, 6) is 0.0144. The minimum Gasteiger partial charge on any atom is -0.370 e. The zero-order valence-electron chi connectivity index (χ0n) is 12.3. The lowest BCUT2D eigenvalue weighted by molar-refractivity contribution is 0.555. The van der Waals surface area contributed by atoms with Gasteiger partial charge in [-0.15, -0.1) is 0 Å². The van der Waals surface area contributed by atoms with Gasteiger partial charge in [-0.05, 0) is 18.6 Å². The Morgan fingerprint density at radius 1 is 0.895 bits per heavy atom. The van der Waals surface area contributed by atoms with E-state index < -0.39 is 0 Å². The zero-order chi connectivity index (χ0) is 14.3. The first-order valence-corrected chi connectivity index (χ1v) is 7.95. The molecule has 5 heteroatoms. The van der Waals surface area contributed by atoms with Gasteiger partial charge in [0.2, 0.25) is 0 Å². The fourth-order valence-electron chi connectivity index (χ4n) is 1.96. The summed E-state index contributed by atoms with van der Waals surface area (Å²) >= 11 is 4.94. The highest BCUT2D eigenvalue weighted by Crippen LogP contribution is 2.10. The molecule has 0 radical (unpaired) electrons. The summed E-state index contributed by atoms with van der Waals surface area (Å²) in [6, 6.07) is 0. The Morgan fingerprint density at radius 2 is 1.37 bits per heavy atom. The summed E-state index contributed by atoms with van der Waals surface area (Å²) in [5, 5.41) is 3.41. The SMILES string of the molecule is CCCCCCCCCCCCNC(=S)N=C(N)N. The molecule has 0 amide bonds. The van der Waals surface area contributed by atoms with Crippen LogP contribution in [0.2, 0.25) is 0 Å². The maximum Gasteiger partial charge on any atom is 0.196 e. The number of hydrogen-bond donors (Lipinski definition) is 3. The van der Waals surface area contributed by atoms with Gasteiger partial charge in [-0.2, -0.15) is 4.99 Å². The van der Waals surface area contributed by atoms with Crippen LogP contribution in [0.15, 0.2) is 4.99 Å². The third-order valence-corrected chi connectivity index (χ3v) is 3.27. The monoisotopic (exact) mass is 286 g/mol. The lowest BCUT2D eigenvalue weighted by Crippen LogP contribution is -2.28. The van der Waals surface area contributed by atoms with Crippen LogP contribution in [0.4, 0.5) is 0 Å². The van der Waals surface area contributed by atoms with Crippen LogP contribution in [0.1, 0.15) is 71.1 Å². The lowest BCUT2D eigenvalue weighted by Gasteiger charge is -2.04. The number of nitrogens with two attached hydrogens (primary N) is 2. The normalized spacial score (nSPS) is 10.2. The van der Waals surface area contributed by atoms with Crippen molar-refractivity contribution >= 4 is 23.3 Å². The summed E-state index contributed by atoms with van der Waals surface area (Å²) in [6.07, 6.45) is 13.3. The van der Waals surface area contributed by atoms with Crippen LogP contribution in [0.3, 0.4) is 0 Å². The molecule has 0 aliphatic rings. The predicted octanol–water partition coefficient (Wildman–Crippen LogP) is 3.06. The van der Waals surface area contributed by atoms with Crippen molar-refractivity contribution in [3.63, 3.8) is 0 Å². The summed E-state index contributed by atoms with van der Waals surface area (Å²) in [7, 11) is 0. The number of aliphatic imine (C=N–C) groups is 1. The lowest BCUT2D eigenvalue weighted by atomic mass is 10.1. The fraction of sp³-hybridized carbons (Fsp3) is 0.857. The molecule has 0 atom stereocenters. The van der Waals surface area contributed by atoms with Gasteiger partial charge in [-0.1, -0.05) is 64.7 Å². The summed E-state index contributed by atoms with van der Waals surface area (Å²) < 4.78 is 0. The van der Waals surface area contributed by atoms with Crippen LogP contribution in [-0.4, -0.2) is 17.6 Å². The molecule has 0 bridgehead atoms. The molecule has 112 valence electrons. The Hall–Kier alpha value is -0.840. The van der Waals surface area contributed by atoms with Crippen molar-refractivity contribution in [3.8, 4) is 0 Å². The first-order valence-electron chi connectivity index (χ1n) is 7.54. The van der Waals surface area contributed by atoms with Crippen LogP contribution in [0, 0.1) is 0 Å². The molecule has 0 aliphatic heterocycles. The third kappa shape index (κ3) is 15.1. The van der Waals surface area contributed by atoms with Crippen molar-refractivity contribution in [1.82, 2.24) is 5.32 Å². The van der Waals surface area contributed by atoms with E-state index in [1.54, 1.807) is 0 Å². The highest BCUT2D eigenvalue weighted by molar-refractivity contribution is 7.80. The van der Waals surface area contributed by atoms with Crippen molar-refractivity contribution in [3.05, 3.63) is 0 Å². The van der Waals surface area contributed by atoms with E-state index in [-0.39, 0.29) is 5.96 Å². The van der Waals surface area contributed by atoms with Gasteiger partial charge in [0.05, 0.1) is 0 Å². The molecule has 0 spiro atoms. The number of unbranched alkanes of at least 4 members (excludes halogenated alkanes) is 9. The van der Waals surface area contributed by atoms with Crippen molar-refractivity contribution in [2.24, 2.45) is 16.5 Å². The standard InChI is InChI=1S/C14H30N4S/c1-2-3-4-5-6-7-8-9-10-11-12-17-14(19)18-13(15)16/h2-12H2,1H3,(H5,15,16,17,18,19). The second kappa shape index (κ2) is 13.6. The molecule has 0 heterocycles. The summed E-state index contributed by atoms with van der Waals surface area (Å²) in [5.41, 5.74) is 10.4. The van der Waals surface area contributed by atoms with E-state index in [0.717, 1.165) is 13.0 Å². The molecule has 4 nitrogen and oxygen atoms in total. The highest BCUT2D eigenvalue weighted by atomic mass is 32.1. The number of hydrogen-bond acceptors (Lipinski definition) is 1. The van der Waals surface area contributed by atoms with Gasteiger partial charge in [0.1, 0.15) is 0 Å². The molecule has 0 saturated heterocycles. The van der Waals surface area contributed by atoms with Gasteiger partial charge in [0.25, 0.3) is 0 Å². The number of nitrogens with one attached hydrogen (secondary N) is 1. The van der Waals surface area contributed by atoms with E-state index in [1.807, 2.05) is 0 Å².